The first-order chi connectivity index (χ1) is 9.89. The van der Waals surface area contributed by atoms with Gasteiger partial charge < -0.3 is 9.47 Å². The highest BCUT2D eigenvalue weighted by Gasteiger charge is 2.34. The average molecular weight is 308 g/mol. The van der Waals surface area contributed by atoms with Gasteiger partial charge >= 0.3 is 0 Å². The van der Waals surface area contributed by atoms with Gasteiger partial charge in [-0.2, -0.15) is 0 Å². The van der Waals surface area contributed by atoms with Crippen LogP contribution in [-0.2, 0) is 9.84 Å². The molecule has 0 radical (unpaired) electrons. The van der Waals surface area contributed by atoms with Gasteiger partial charge in [-0.1, -0.05) is 12.1 Å². The van der Waals surface area contributed by atoms with E-state index in [9.17, 15) is 12.8 Å². The van der Waals surface area contributed by atoms with E-state index in [-0.39, 0.29) is 28.2 Å². The molecule has 0 saturated carbocycles. The molecule has 110 valence electrons. The quantitative estimate of drug-likeness (QED) is 0.726. The molecule has 0 fully saturated rings. The Hall–Kier alpha value is -2.08. The van der Waals surface area contributed by atoms with Crippen LogP contribution in [0.3, 0.4) is 0 Å². The van der Waals surface area contributed by atoms with Crippen molar-refractivity contribution >= 4 is 9.84 Å². The number of hydrogen-bond acceptors (Lipinski definition) is 4. The fourth-order valence-electron chi connectivity index (χ4n) is 2.21. The molecule has 2 aromatic carbocycles. The van der Waals surface area contributed by atoms with Gasteiger partial charge in [0.1, 0.15) is 22.2 Å². The Morgan fingerprint density at radius 2 is 1.86 bits per heavy atom. The van der Waals surface area contributed by atoms with E-state index in [2.05, 4.69) is 0 Å². The topological polar surface area (TPSA) is 52.6 Å². The molecule has 4 nitrogen and oxygen atoms in total. The van der Waals surface area contributed by atoms with Crippen molar-refractivity contribution < 1.29 is 22.3 Å². The van der Waals surface area contributed by atoms with E-state index in [1.165, 1.54) is 18.2 Å². The summed E-state index contributed by atoms with van der Waals surface area (Å²) < 4.78 is 50.1. The van der Waals surface area contributed by atoms with E-state index in [1.807, 2.05) is 0 Å². The highest BCUT2D eigenvalue weighted by molar-refractivity contribution is 7.91. The van der Waals surface area contributed by atoms with Gasteiger partial charge in [0.25, 0.3) is 0 Å². The molecule has 21 heavy (non-hydrogen) atoms. The Bertz CT molecular complexity index is 812. The van der Waals surface area contributed by atoms with Gasteiger partial charge in [-0.05, 0) is 26.0 Å². The van der Waals surface area contributed by atoms with Crippen LogP contribution < -0.4 is 9.47 Å². The SMILES string of the molecule is CC(C)Oc1cc(F)c2c(c1)Oc1ccccc1S2(=O)=O. The lowest BCUT2D eigenvalue weighted by atomic mass is 10.3. The largest absolute Gasteiger partial charge is 0.491 e. The Morgan fingerprint density at radius 1 is 1.14 bits per heavy atom. The zero-order valence-electron chi connectivity index (χ0n) is 11.5. The van der Waals surface area contributed by atoms with Crippen LogP contribution in [-0.4, -0.2) is 14.5 Å². The predicted molar refractivity (Wildman–Crippen MR) is 74.1 cm³/mol. The summed E-state index contributed by atoms with van der Waals surface area (Å²) in [4.78, 5) is -0.480. The van der Waals surface area contributed by atoms with Crippen molar-refractivity contribution in [3.05, 3.63) is 42.2 Å². The summed E-state index contributed by atoms with van der Waals surface area (Å²) in [6, 6.07) is 8.61. The smallest absolute Gasteiger partial charge is 0.216 e. The fraction of sp³-hybridized carbons (Fsp3) is 0.200. The summed E-state index contributed by atoms with van der Waals surface area (Å²) in [6.07, 6.45) is -0.157. The number of benzene rings is 2. The summed E-state index contributed by atoms with van der Waals surface area (Å²) in [7, 11) is -3.93. The van der Waals surface area contributed by atoms with Crippen LogP contribution in [0.4, 0.5) is 4.39 Å². The monoisotopic (exact) mass is 308 g/mol. The normalized spacial score (nSPS) is 15.0. The van der Waals surface area contributed by atoms with Crippen LogP contribution in [0, 0.1) is 5.82 Å². The van der Waals surface area contributed by atoms with E-state index < -0.39 is 20.5 Å². The number of halogens is 1. The van der Waals surface area contributed by atoms with Crippen molar-refractivity contribution in [3.63, 3.8) is 0 Å². The minimum atomic E-state index is -3.93. The average Bonchev–Trinajstić information content (AvgIpc) is 2.36. The Morgan fingerprint density at radius 3 is 2.57 bits per heavy atom. The Labute approximate surface area is 122 Å². The molecule has 0 aliphatic carbocycles. The molecule has 6 heteroatoms. The molecule has 0 N–H and O–H groups in total. The third-order valence-electron chi connectivity index (χ3n) is 2.98. The van der Waals surface area contributed by atoms with E-state index in [0.29, 0.717) is 0 Å². The summed E-state index contributed by atoms with van der Waals surface area (Å²) in [5.74, 6) is -0.510. The van der Waals surface area contributed by atoms with Crippen molar-refractivity contribution in [2.75, 3.05) is 0 Å². The van der Waals surface area contributed by atoms with E-state index in [0.717, 1.165) is 6.07 Å². The molecule has 0 amide bonds. The van der Waals surface area contributed by atoms with Gasteiger partial charge in [-0.3, -0.25) is 0 Å². The molecule has 1 aliphatic heterocycles. The summed E-state index contributed by atoms with van der Waals surface area (Å²) in [6.45, 7) is 3.59. The van der Waals surface area contributed by atoms with Crippen molar-refractivity contribution in [3.8, 4) is 17.2 Å². The summed E-state index contributed by atoms with van der Waals surface area (Å²) in [5, 5.41) is 0. The minimum absolute atomic E-state index is 0.0334. The lowest BCUT2D eigenvalue weighted by Crippen LogP contribution is -2.14. The van der Waals surface area contributed by atoms with Crippen LogP contribution in [0.2, 0.25) is 0 Å². The van der Waals surface area contributed by atoms with Crippen molar-refractivity contribution in [1.82, 2.24) is 0 Å². The number of fused-ring (bicyclic) bond motifs is 2. The van der Waals surface area contributed by atoms with Gasteiger partial charge in [-0.25, -0.2) is 12.8 Å². The standard InChI is InChI=1S/C15H13FO4S/c1-9(2)19-10-7-11(16)15-13(8-10)20-12-5-3-4-6-14(12)21(15,17)18/h3-9H,1-2H3. The number of para-hydroxylation sites is 1. The van der Waals surface area contributed by atoms with Crippen LogP contribution >= 0.6 is 0 Å². The predicted octanol–water partition coefficient (Wildman–Crippen LogP) is 3.55. The highest BCUT2D eigenvalue weighted by atomic mass is 32.2. The number of sulfone groups is 1. The molecular weight excluding hydrogens is 295 g/mol. The second-order valence-corrected chi connectivity index (χ2v) is 6.81. The summed E-state index contributed by atoms with van der Waals surface area (Å²) in [5.41, 5.74) is 0. The van der Waals surface area contributed by atoms with Crippen molar-refractivity contribution in [2.45, 2.75) is 29.7 Å². The van der Waals surface area contributed by atoms with Gasteiger partial charge in [-0.15, -0.1) is 0 Å². The first-order valence-electron chi connectivity index (χ1n) is 6.42. The summed E-state index contributed by atoms with van der Waals surface area (Å²) >= 11 is 0. The highest BCUT2D eigenvalue weighted by Crippen LogP contribution is 2.45. The number of ether oxygens (including phenoxy) is 2. The molecule has 0 atom stereocenters. The maximum atomic E-state index is 14.2. The van der Waals surface area contributed by atoms with E-state index in [1.54, 1.807) is 26.0 Å². The number of rotatable bonds is 2. The zero-order valence-corrected chi connectivity index (χ0v) is 12.3. The molecule has 2 aromatic rings. The first-order valence-corrected chi connectivity index (χ1v) is 7.90. The van der Waals surface area contributed by atoms with Crippen LogP contribution in [0.1, 0.15) is 13.8 Å². The molecule has 1 aliphatic rings. The van der Waals surface area contributed by atoms with Gasteiger partial charge in [0.05, 0.1) is 6.10 Å². The maximum absolute atomic E-state index is 14.2. The second kappa shape index (κ2) is 4.73. The fourth-order valence-corrected chi connectivity index (χ4v) is 3.74. The third kappa shape index (κ3) is 2.25. The van der Waals surface area contributed by atoms with Crippen molar-refractivity contribution in [2.24, 2.45) is 0 Å². The molecule has 0 saturated heterocycles. The number of hydrogen-bond donors (Lipinski definition) is 0. The lowest BCUT2D eigenvalue weighted by molar-refractivity contribution is 0.239. The Kier molecular flexibility index (Phi) is 3.13. The van der Waals surface area contributed by atoms with Crippen molar-refractivity contribution in [1.29, 1.82) is 0 Å². The minimum Gasteiger partial charge on any atom is -0.491 e. The zero-order chi connectivity index (χ0) is 15.2. The second-order valence-electron chi connectivity index (χ2n) is 4.95. The molecule has 0 aromatic heterocycles. The van der Waals surface area contributed by atoms with E-state index >= 15 is 0 Å². The van der Waals surface area contributed by atoms with Gasteiger partial charge in [0, 0.05) is 12.1 Å². The van der Waals surface area contributed by atoms with Crippen LogP contribution in [0.15, 0.2) is 46.2 Å². The molecule has 0 spiro atoms. The molecule has 1 heterocycles. The van der Waals surface area contributed by atoms with Gasteiger partial charge in [0.15, 0.2) is 10.6 Å². The van der Waals surface area contributed by atoms with E-state index in [4.69, 9.17) is 9.47 Å². The Balaban J connectivity index is 2.21. The molecule has 0 unspecified atom stereocenters. The van der Waals surface area contributed by atoms with Gasteiger partial charge in [0.2, 0.25) is 9.84 Å². The maximum Gasteiger partial charge on any atom is 0.216 e. The molecular formula is C15H13FO4S. The molecule has 0 bridgehead atoms. The lowest BCUT2D eigenvalue weighted by Gasteiger charge is -2.21. The van der Waals surface area contributed by atoms with Crippen LogP contribution in [0.5, 0.6) is 17.2 Å². The third-order valence-corrected chi connectivity index (χ3v) is 4.83. The van der Waals surface area contributed by atoms with Crippen LogP contribution in [0.25, 0.3) is 0 Å². The first kappa shape index (κ1) is 13.9. The molecule has 3 rings (SSSR count).